The summed E-state index contributed by atoms with van der Waals surface area (Å²) in [6, 6.07) is 7.83. The predicted molar refractivity (Wildman–Crippen MR) is 76.2 cm³/mol. The molecule has 1 aromatic rings. The van der Waals surface area contributed by atoms with Crippen molar-refractivity contribution in [3.05, 3.63) is 34.9 Å². The summed E-state index contributed by atoms with van der Waals surface area (Å²) in [6.07, 6.45) is 2.07. The highest BCUT2D eigenvalue weighted by Gasteiger charge is 2.56. The molecule has 0 aromatic heterocycles. The molecule has 3 heteroatoms. The van der Waals surface area contributed by atoms with Gasteiger partial charge in [0.1, 0.15) is 0 Å². The second-order valence-corrected chi connectivity index (χ2v) is 7.30. The lowest BCUT2D eigenvalue weighted by Gasteiger charge is -2.57. The lowest BCUT2D eigenvalue weighted by molar-refractivity contribution is -0.365. The third-order valence-electron chi connectivity index (χ3n) is 4.97. The molecule has 104 valence electrons. The summed E-state index contributed by atoms with van der Waals surface area (Å²) in [4.78, 5) is 0. The molecule has 3 aliphatic rings. The van der Waals surface area contributed by atoms with Gasteiger partial charge in [-0.2, -0.15) is 0 Å². The molecule has 3 saturated heterocycles. The quantitative estimate of drug-likeness (QED) is 0.761. The van der Waals surface area contributed by atoms with Gasteiger partial charge in [0.15, 0.2) is 5.79 Å². The van der Waals surface area contributed by atoms with Gasteiger partial charge in [0.25, 0.3) is 0 Å². The van der Waals surface area contributed by atoms with Gasteiger partial charge in [0, 0.05) is 22.4 Å². The molecule has 0 saturated carbocycles. The Balaban J connectivity index is 1.87. The lowest BCUT2D eigenvalue weighted by Crippen LogP contribution is -2.58. The van der Waals surface area contributed by atoms with Crippen molar-refractivity contribution in [3.8, 4) is 0 Å². The molecule has 2 nitrogen and oxygen atoms in total. The van der Waals surface area contributed by atoms with Gasteiger partial charge >= 0.3 is 0 Å². The van der Waals surface area contributed by atoms with E-state index in [-0.39, 0.29) is 10.8 Å². The maximum absolute atomic E-state index is 6.16. The van der Waals surface area contributed by atoms with Crippen LogP contribution < -0.4 is 0 Å². The minimum Gasteiger partial charge on any atom is -0.345 e. The van der Waals surface area contributed by atoms with E-state index in [2.05, 4.69) is 20.8 Å². The number of ether oxygens (including phenoxy) is 2. The van der Waals surface area contributed by atoms with E-state index in [0.717, 1.165) is 36.6 Å². The highest BCUT2D eigenvalue weighted by Crippen LogP contribution is 2.56. The fourth-order valence-electron chi connectivity index (χ4n) is 3.11. The molecule has 0 aliphatic carbocycles. The van der Waals surface area contributed by atoms with Crippen LogP contribution in [0.15, 0.2) is 24.3 Å². The smallest absolute Gasteiger partial charge is 0.194 e. The van der Waals surface area contributed by atoms with Gasteiger partial charge < -0.3 is 9.47 Å². The summed E-state index contributed by atoms with van der Waals surface area (Å²) >= 11 is 5.95. The summed E-state index contributed by atoms with van der Waals surface area (Å²) in [5.74, 6) is -0.544. The monoisotopic (exact) mass is 280 g/mol. The van der Waals surface area contributed by atoms with Crippen molar-refractivity contribution >= 4 is 11.6 Å². The molecular weight excluding hydrogens is 260 g/mol. The Morgan fingerprint density at radius 3 is 2.00 bits per heavy atom. The van der Waals surface area contributed by atoms with E-state index in [0.29, 0.717) is 0 Å². The molecule has 0 unspecified atom stereocenters. The van der Waals surface area contributed by atoms with Crippen LogP contribution in [0, 0.1) is 10.8 Å². The van der Waals surface area contributed by atoms with E-state index in [4.69, 9.17) is 21.1 Å². The van der Waals surface area contributed by atoms with E-state index in [1.807, 2.05) is 24.3 Å². The van der Waals surface area contributed by atoms with E-state index in [9.17, 15) is 0 Å². The molecule has 0 amide bonds. The number of hydrogen-bond acceptors (Lipinski definition) is 2. The van der Waals surface area contributed by atoms with Crippen molar-refractivity contribution < 1.29 is 9.47 Å². The van der Waals surface area contributed by atoms with Gasteiger partial charge in [-0.05, 0) is 24.0 Å². The Hall–Kier alpha value is -0.570. The number of fused-ring (bicyclic) bond motifs is 3. The van der Waals surface area contributed by atoms with Crippen LogP contribution in [0.2, 0.25) is 5.02 Å². The van der Waals surface area contributed by atoms with Crippen LogP contribution in [0.5, 0.6) is 0 Å². The lowest BCUT2D eigenvalue weighted by atomic mass is 9.62. The third-order valence-corrected chi connectivity index (χ3v) is 5.22. The summed E-state index contributed by atoms with van der Waals surface area (Å²) in [6.45, 7) is 8.39. The van der Waals surface area contributed by atoms with E-state index < -0.39 is 5.79 Å². The zero-order valence-electron chi connectivity index (χ0n) is 11.8. The second kappa shape index (κ2) is 4.21. The summed E-state index contributed by atoms with van der Waals surface area (Å²) in [5, 5.41) is 0.746. The van der Waals surface area contributed by atoms with Gasteiger partial charge in [0.2, 0.25) is 0 Å². The van der Waals surface area contributed by atoms with Gasteiger partial charge in [-0.3, -0.25) is 0 Å². The van der Waals surface area contributed by atoms with Crippen LogP contribution in [0.3, 0.4) is 0 Å². The fraction of sp³-hybridized carbons (Fsp3) is 0.625. The Bertz CT molecular complexity index is 448. The fourth-order valence-corrected chi connectivity index (χ4v) is 3.23. The normalized spacial score (nSPS) is 34.5. The highest BCUT2D eigenvalue weighted by molar-refractivity contribution is 6.30. The zero-order chi connectivity index (χ0) is 13.7. The maximum atomic E-state index is 6.16. The number of benzene rings is 1. The van der Waals surface area contributed by atoms with Crippen molar-refractivity contribution in [2.45, 2.75) is 39.4 Å². The van der Waals surface area contributed by atoms with E-state index in [1.165, 1.54) is 0 Å². The van der Waals surface area contributed by atoms with Crippen LogP contribution in [0.4, 0.5) is 0 Å². The molecule has 3 fully saturated rings. The molecule has 0 radical (unpaired) electrons. The average molecular weight is 281 g/mol. The van der Waals surface area contributed by atoms with Crippen molar-refractivity contribution in [1.82, 2.24) is 0 Å². The first kappa shape index (κ1) is 13.4. The topological polar surface area (TPSA) is 18.5 Å². The minimum atomic E-state index is -0.544. The first-order valence-corrected chi connectivity index (χ1v) is 7.29. The Labute approximate surface area is 120 Å². The summed E-state index contributed by atoms with van der Waals surface area (Å²) < 4.78 is 12.3. The molecule has 1 aromatic carbocycles. The largest absolute Gasteiger partial charge is 0.345 e. The van der Waals surface area contributed by atoms with Crippen molar-refractivity contribution in [3.63, 3.8) is 0 Å². The number of rotatable bonds is 1. The van der Waals surface area contributed by atoms with Crippen LogP contribution >= 0.6 is 11.6 Å². The summed E-state index contributed by atoms with van der Waals surface area (Å²) in [7, 11) is 0. The van der Waals surface area contributed by atoms with Crippen molar-refractivity contribution in [2.24, 2.45) is 10.8 Å². The SMILES string of the molecule is CC(C)(C)C12CCC(c3ccc(Cl)cc3)(OC1)OC2. The van der Waals surface area contributed by atoms with Gasteiger partial charge in [-0.1, -0.05) is 44.5 Å². The number of hydrogen-bond donors (Lipinski definition) is 0. The molecule has 3 aliphatic heterocycles. The Morgan fingerprint density at radius 1 is 1.00 bits per heavy atom. The highest BCUT2D eigenvalue weighted by atomic mass is 35.5. The molecule has 0 spiro atoms. The zero-order valence-corrected chi connectivity index (χ0v) is 12.6. The summed E-state index contributed by atoms with van der Waals surface area (Å²) in [5.41, 5.74) is 1.44. The number of halogens is 1. The van der Waals surface area contributed by atoms with Gasteiger partial charge in [0.05, 0.1) is 13.2 Å². The molecule has 19 heavy (non-hydrogen) atoms. The molecule has 2 bridgehead atoms. The first-order valence-electron chi connectivity index (χ1n) is 6.91. The third kappa shape index (κ3) is 2.01. The van der Waals surface area contributed by atoms with Crippen LogP contribution in [0.1, 0.15) is 39.2 Å². The van der Waals surface area contributed by atoms with E-state index >= 15 is 0 Å². The molecule has 4 rings (SSSR count). The van der Waals surface area contributed by atoms with E-state index in [1.54, 1.807) is 0 Å². The Kier molecular flexibility index (Phi) is 2.97. The maximum Gasteiger partial charge on any atom is 0.194 e. The molecule has 0 N–H and O–H groups in total. The first-order chi connectivity index (χ1) is 8.87. The van der Waals surface area contributed by atoms with Crippen LogP contribution in [-0.2, 0) is 15.3 Å². The molecule has 3 heterocycles. The standard InChI is InChI=1S/C16H21ClO2/c1-14(2,3)15-8-9-16(18-10-15,19-11-15)12-4-6-13(17)7-5-12/h4-7H,8-11H2,1-3H3. The predicted octanol–water partition coefficient (Wildman–Crippen LogP) is 4.37. The minimum absolute atomic E-state index is 0.154. The van der Waals surface area contributed by atoms with Crippen molar-refractivity contribution in [1.29, 1.82) is 0 Å². The van der Waals surface area contributed by atoms with Gasteiger partial charge in [-0.15, -0.1) is 0 Å². The van der Waals surface area contributed by atoms with Gasteiger partial charge in [-0.25, -0.2) is 0 Å². The van der Waals surface area contributed by atoms with Crippen LogP contribution in [-0.4, -0.2) is 13.2 Å². The van der Waals surface area contributed by atoms with Crippen LogP contribution in [0.25, 0.3) is 0 Å². The molecular formula is C16H21ClO2. The molecule has 0 atom stereocenters. The van der Waals surface area contributed by atoms with Crippen molar-refractivity contribution in [2.75, 3.05) is 13.2 Å². The average Bonchev–Trinajstić information content (AvgIpc) is 2.40. The second-order valence-electron chi connectivity index (χ2n) is 6.87. The Morgan fingerprint density at radius 2 is 1.58 bits per heavy atom.